The molecule has 0 unspecified atom stereocenters. The molecule has 138 valence electrons. The summed E-state index contributed by atoms with van der Waals surface area (Å²) in [6.45, 7) is 4.18. The Morgan fingerprint density at radius 3 is 2.62 bits per heavy atom. The average molecular weight is 352 g/mol. The summed E-state index contributed by atoms with van der Waals surface area (Å²) < 4.78 is 10.8. The number of hydrogen-bond donors (Lipinski definition) is 0. The molecule has 4 heteroatoms. The lowest BCUT2D eigenvalue weighted by molar-refractivity contribution is 0.0238. The van der Waals surface area contributed by atoms with E-state index >= 15 is 0 Å². The number of aromatic nitrogens is 1. The summed E-state index contributed by atoms with van der Waals surface area (Å²) in [5.74, 6) is 1.41. The van der Waals surface area contributed by atoms with Gasteiger partial charge in [0.2, 0.25) is 0 Å². The molecule has 1 aromatic carbocycles. The zero-order valence-electron chi connectivity index (χ0n) is 15.6. The van der Waals surface area contributed by atoms with Crippen molar-refractivity contribution in [3.8, 4) is 17.0 Å². The smallest absolute Gasteiger partial charge is 0.118 e. The average Bonchev–Trinajstić information content (AvgIpc) is 2.75. The molecule has 0 amide bonds. The van der Waals surface area contributed by atoms with E-state index in [1.165, 1.54) is 37.9 Å². The van der Waals surface area contributed by atoms with Crippen LogP contribution in [-0.2, 0) is 4.74 Å². The third-order valence-corrected chi connectivity index (χ3v) is 5.73. The highest BCUT2D eigenvalue weighted by Gasteiger charge is 2.28. The van der Waals surface area contributed by atoms with Gasteiger partial charge in [0.1, 0.15) is 5.75 Å². The topological polar surface area (TPSA) is 34.6 Å². The number of piperidine rings is 1. The molecule has 2 saturated heterocycles. The van der Waals surface area contributed by atoms with Crippen molar-refractivity contribution in [2.24, 2.45) is 0 Å². The minimum Gasteiger partial charge on any atom is -0.497 e. The normalized spacial score (nSPS) is 22.3. The van der Waals surface area contributed by atoms with Crippen molar-refractivity contribution in [2.75, 3.05) is 33.4 Å². The summed E-state index contributed by atoms with van der Waals surface area (Å²) in [6.07, 6.45) is 4.84. The Morgan fingerprint density at radius 1 is 1.04 bits per heavy atom. The van der Waals surface area contributed by atoms with Gasteiger partial charge in [0.15, 0.2) is 0 Å². The van der Waals surface area contributed by atoms with Gasteiger partial charge in [-0.1, -0.05) is 6.07 Å². The van der Waals surface area contributed by atoms with Gasteiger partial charge in [-0.05, 0) is 68.6 Å². The number of rotatable bonds is 4. The third-order valence-electron chi connectivity index (χ3n) is 5.73. The molecule has 2 aliphatic heterocycles. The number of pyridine rings is 1. The van der Waals surface area contributed by atoms with Crippen LogP contribution in [0.1, 0.15) is 37.3 Å². The zero-order chi connectivity index (χ0) is 17.8. The van der Waals surface area contributed by atoms with Crippen LogP contribution in [0.3, 0.4) is 0 Å². The fraction of sp³-hybridized carbons (Fsp3) is 0.500. The van der Waals surface area contributed by atoms with Gasteiger partial charge >= 0.3 is 0 Å². The number of ether oxygens (including phenoxy) is 2. The van der Waals surface area contributed by atoms with Gasteiger partial charge in [-0.15, -0.1) is 0 Å². The van der Waals surface area contributed by atoms with E-state index in [0.717, 1.165) is 36.8 Å². The van der Waals surface area contributed by atoms with Crippen LogP contribution >= 0.6 is 0 Å². The van der Waals surface area contributed by atoms with Gasteiger partial charge in [0.05, 0.1) is 12.8 Å². The SMILES string of the molecule is COc1ccc(-c2cccc([C@H]3CCCN(C4CCOCC4)C3)n2)cc1. The second-order valence-corrected chi connectivity index (χ2v) is 7.35. The minimum atomic E-state index is 0.532. The van der Waals surface area contributed by atoms with Gasteiger partial charge in [0, 0.05) is 43.0 Å². The maximum absolute atomic E-state index is 5.54. The zero-order valence-corrected chi connectivity index (χ0v) is 15.6. The summed E-state index contributed by atoms with van der Waals surface area (Å²) in [5, 5.41) is 0. The van der Waals surface area contributed by atoms with Crippen molar-refractivity contribution in [2.45, 2.75) is 37.6 Å². The molecule has 4 nitrogen and oxygen atoms in total. The minimum absolute atomic E-state index is 0.532. The van der Waals surface area contributed by atoms with E-state index in [4.69, 9.17) is 14.5 Å². The lowest BCUT2D eigenvalue weighted by Gasteiger charge is -2.39. The molecule has 26 heavy (non-hydrogen) atoms. The molecule has 2 aliphatic rings. The van der Waals surface area contributed by atoms with E-state index in [1.54, 1.807) is 7.11 Å². The molecular formula is C22H28N2O2. The van der Waals surface area contributed by atoms with Crippen molar-refractivity contribution in [1.82, 2.24) is 9.88 Å². The molecule has 0 spiro atoms. The van der Waals surface area contributed by atoms with E-state index in [2.05, 4.69) is 35.2 Å². The summed E-state index contributed by atoms with van der Waals surface area (Å²) in [4.78, 5) is 7.69. The van der Waals surface area contributed by atoms with Crippen LogP contribution in [0, 0.1) is 0 Å². The van der Waals surface area contributed by atoms with Gasteiger partial charge in [0.25, 0.3) is 0 Å². The molecule has 2 aromatic rings. The predicted octanol–water partition coefficient (Wildman–Crippen LogP) is 4.12. The van der Waals surface area contributed by atoms with E-state index in [-0.39, 0.29) is 0 Å². The monoisotopic (exact) mass is 352 g/mol. The first-order valence-corrected chi connectivity index (χ1v) is 9.76. The maximum Gasteiger partial charge on any atom is 0.118 e. The van der Waals surface area contributed by atoms with Gasteiger partial charge in [-0.3, -0.25) is 9.88 Å². The van der Waals surface area contributed by atoms with Crippen molar-refractivity contribution in [3.05, 3.63) is 48.2 Å². The van der Waals surface area contributed by atoms with Crippen molar-refractivity contribution >= 4 is 0 Å². The fourth-order valence-electron chi connectivity index (χ4n) is 4.23. The molecule has 1 aromatic heterocycles. The first-order valence-electron chi connectivity index (χ1n) is 9.76. The summed E-state index contributed by atoms with van der Waals surface area (Å²) >= 11 is 0. The third kappa shape index (κ3) is 3.92. The highest BCUT2D eigenvalue weighted by atomic mass is 16.5. The van der Waals surface area contributed by atoms with Crippen LogP contribution in [0.2, 0.25) is 0 Å². The standard InChI is InChI=1S/C22H28N2O2/c1-25-20-9-7-17(8-10-20)21-5-2-6-22(23-21)18-4-3-13-24(16-18)19-11-14-26-15-12-19/h2,5-10,18-19H,3-4,11-16H2,1H3/t18-/m0/s1. The number of methoxy groups -OCH3 is 1. The van der Waals surface area contributed by atoms with Crippen LogP contribution in [0.15, 0.2) is 42.5 Å². The fourth-order valence-corrected chi connectivity index (χ4v) is 4.23. The Bertz CT molecular complexity index is 710. The molecular weight excluding hydrogens is 324 g/mol. The van der Waals surface area contributed by atoms with Crippen LogP contribution in [0.5, 0.6) is 5.75 Å². The van der Waals surface area contributed by atoms with Crippen LogP contribution < -0.4 is 4.74 Å². The molecule has 3 heterocycles. The largest absolute Gasteiger partial charge is 0.497 e. The van der Waals surface area contributed by atoms with Crippen LogP contribution in [-0.4, -0.2) is 49.3 Å². The number of benzene rings is 1. The summed E-state index contributed by atoms with van der Waals surface area (Å²) in [6, 6.07) is 15.3. The lowest BCUT2D eigenvalue weighted by Crippen LogP contribution is -2.44. The lowest BCUT2D eigenvalue weighted by atomic mass is 9.91. The Kier molecular flexibility index (Phi) is 5.51. The quantitative estimate of drug-likeness (QED) is 0.829. The first kappa shape index (κ1) is 17.5. The number of hydrogen-bond acceptors (Lipinski definition) is 4. The van der Waals surface area contributed by atoms with E-state index in [9.17, 15) is 0 Å². The second kappa shape index (κ2) is 8.19. The molecule has 0 saturated carbocycles. The van der Waals surface area contributed by atoms with E-state index in [1.807, 2.05) is 12.1 Å². The van der Waals surface area contributed by atoms with Gasteiger partial charge in [-0.25, -0.2) is 0 Å². The van der Waals surface area contributed by atoms with Crippen molar-refractivity contribution in [1.29, 1.82) is 0 Å². The molecule has 0 aliphatic carbocycles. The maximum atomic E-state index is 5.54. The van der Waals surface area contributed by atoms with Crippen LogP contribution in [0.4, 0.5) is 0 Å². The van der Waals surface area contributed by atoms with Gasteiger partial charge < -0.3 is 9.47 Å². The molecule has 2 fully saturated rings. The van der Waals surface area contributed by atoms with Crippen LogP contribution in [0.25, 0.3) is 11.3 Å². The molecule has 0 radical (unpaired) electrons. The molecule has 0 N–H and O–H groups in total. The number of nitrogens with zero attached hydrogens (tertiary/aromatic N) is 2. The Morgan fingerprint density at radius 2 is 1.85 bits per heavy atom. The molecule has 1 atom stereocenters. The highest BCUT2D eigenvalue weighted by molar-refractivity contribution is 5.60. The predicted molar refractivity (Wildman–Crippen MR) is 104 cm³/mol. The second-order valence-electron chi connectivity index (χ2n) is 7.35. The van der Waals surface area contributed by atoms with E-state index in [0.29, 0.717) is 12.0 Å². The highest BCUT2D eigenvalue weighted by Crippen LogP contribution is 2.30. The Hall–Kier alpha value is -1.91. The summed E-state index contributed by atoms with van der Waals surface area (Å²) in [7, 11) is 1.70. The Labute approximate surface area is 156 Å². The first-order chi connectivity index (χ1) is 12.8. The Balaban J connectivity index is 1.49. The summed E-state index contributed by atoms with van der Waals surface area (Å²) in [5.41, 5.74) is 3.42. The van der Waals surface area contributed by atoms with Crippen molar-refractivity contribution < 1.29 is 9.47 Å². The molecule has 0 bridgehead atoms. The molecule has 4 rings (SSSR count). The van der Waals surface area contributed by atoms with Crippen molar-refractivity contribution in [3.63, 3.8) is 0 Å². The number of likely N-dealkylation sites (tertiary alicyclic amines) is 1. The van der Waals surface area contributed by atoms with Gasteiger partial charge in [-0.2, -0.15) is 0 Å². The van der Waals surface area contributed by atoms with E-state index < -0.39 is 0 Å².